The molecule has 0 aromatic carbocycles. The van der Waals surface area contributed by atoms with Crippen LogP contribution in [0.25, 0.3) is 0 Å². The van der Waals surface area contributed by atoms with Crippen molar-refractivity contribution in [2.45, 2.75) is 38.6 Å². The molecule has 3 nitrogen and oxygen atoms in total. The van der Waals surface area contributed by atoms with E-state index in [1.807, 2.05) is 12.4 Å². The number of nitrogens with zero attached hydrogens (tertiary/aromatic N) is 2. The van der Waals surface area contributed by atoms with E-state index < -0.39 is 0 Å². The quantitative estimate of drug-likeness (QED) is 0.770. The van der Waals surface area contributed by atoms with E-state index in [1.165, 1.54) is 25.1 Å². The van der Waals surface area contributed by atoms with Gasteiger partial charge in [-0.25, -0.2) is 4.98 Å². The van der Waals surface area contributed by atoms with Crippen LogP contribution in [0, 0.1) is 5.92 Å². The van der Waals surface area contributed by atoms with Gasteiger partial charge in [0.05, 0.1) is 0 Å². The molecule has 15 heavy (non-hydrogen) atoms. The minimum absolute atomic E-state index is 0.644. The predicted octanol–water partition coefficient (Wildman–Crippen LogP) is 1.74. The smallest absolute Gasteiger partial charge is 0.109 e. The molecule has 1 N–H and O–H groups in total. The standard InChI is InChI=1S/C12H21N3/c1-3-6-13-11(10-4-5-10)9-12-14-7-8-15(12)2/h7-8,10-11,13H,3-6,9H2,1-2H3. The SMILES string of the molecule is CCCNC(Cc1nccn1C)C1CC1. The lowest BCUT2D eigenvalue weighted by molar-refractivity contribution is 0.447. The number of hydrogen-bond donors (Lipinski definition) is 1. The van der Waals surface area contributed by atoms with E-state index in [2.05, 4.69) is 28.8 Å². The van der Waals surface area contributed by atoms with Crippen molar-refractivity contribution in [2.24, 2.45) is 13.0 Å². The van der Waals surface area contributed by atoms with Crippen molar-refractivity contribution in [3.05, 3.63) is 18.2 Å². The van der Waals surface area contributed by atoms with E-state index in [1.54, 1.807) is 0 Å². The fourth-order valence-electron chi connectivity index (χ4n) is 2.02. The Morgan fingerprint density at radius 3 is 2.93 bits per heavy atom. The Morgan fingerprint density at radius 1 is 1.60 bits per heavy atom. The molecule has 0 bridgehead atoms. The summed E-state index contributed by atoms with van der Waals surface area (Å²) in [4.78, 5) is 4.40. The van der Waals surface area contributed by atoms with Gasteiger partial charge in [-0.15, -0.1) is 0 Å². The maximum absolute atomic E-state index is 4.40. The summed E-state index contributed by atoms with van der Waals surface area (Å²) in [5.41, 5.74) is 0. The molecule has 0 saturated heterocycles. The van der Waals surface area contributed by atoms with Crippen molar-refractivity contribution >= 4 is 0 Å². The molecule has 3 heteroatoms. The van der Waals surface area contributed by atoms with Gasteiger partial charge in [0.25, 0.3) is 0 Å². The largest absolute Gasteiger partial charge is 0.338 e. The lowest BCUT2D eigenvalue weighted by Crippen LogP contribution is -2.34. The first-order chi connectivity index (χ1) is 7.31. The van der Waals surface area contributed by atoms with Crippen molar-refractivity contribution in [2.75, 3.05) is 6.54 Å². The van der Waals surface area contributed by atoms with E-state index in [-0.39, 0.29) is 0 Å². The van der Waals surface area contributed by atoms with Crippen LogP contribution in [0.5, 0.6) is 0 Å². The highest BCUT2D eigenvalue weighted by Gasteiger charge is 2.31. The Kier molecular flexibility index (Phi) is 3.41. The van der Waals surface area contributed by atoms with E-state index >= 15 is 0 Å². The molecule has 1 fully saturated rings. The third-order valence-corrected chi connectivity index (χ3v) is 3.17. The molecule has 1 atom stereocenters. The van der Waals surface area contributed by atoms with E-state index in [9.17, 15) is 0 Å². The van der Waals surface area contributed by atoms with Gasteiger partial charge in [0.1, 0.15) is 5.82 Å². The molecule has 0 aliphatic heterocycles. The van der Waals surface area contributed by atoms with Gasteiger partial charge in [0.15, 0.2) is 0 Å². The minimum atomic E-state index is 0.644. The molecule has 1 aromatic rings. The summed E-state index contributed by atoms with van der Waals surface area (Å²) in [6.07, 6.45) is 8.99. The van der Waals surface area contributed by atoms with Gasteiger partial charge in [0.2, 0.25) is 0 Å². The summed E-state index contributed by atoms with van der Waals surface area (Å²) in [7, 11) is 2.08. The van der Waals surface area contributed by atoms with Gasteiger partial charge in [-0.05, 0) is 31.7 Å². The molecule has 1 aromatic heterocycles. The molecule has 1 heterocycles. The molecule has 84 valence electrons. The second-order valence-corrected chi connectivity index (χ2v) is 4.56. The maximum Gasteiger partial charge on any atom is 0.109 e. The lowest BCUT2D eigenvalue weighted by Gasteiger charge is -2.17. The Labute approximate surface area is 91.9 Å². The zero-order valence-electron chi connectivity index (χ0n) is 9.74. The van der Waals surface area contributed by atoms with Crippen LogP contribution in [0.3, 0.4) is 0 Å². The van der Waals surface area contributed by atoms with Gasteiger partial charge in [-0.2, -0.15) is 0 Å². The molecule has 0 spiro atoms. The number of hydrogen-bond acceptors (Lipinski definition) is 2. The monoisotopic (exact) mass is 207 g/mol. The first-order valence-electron chi connectivity index (χ1n) is 6.01. The average molecular weight is 207 g/mol. The summed E-state index contributed by atoms with van der Waals surface area (Å²) >= 11 is 0. The Bertz CT molecular complexity index is 302. The molecule has 0 radical (unpaired) electrons. The number of rotatable bonds is 6. The Morgan fingerprint density at radius 2 is 2.40 bits per heavy atom. The van der Waals surface area contributed by atoms with Crippen LogP contribution >= 0.6 is 0 Å². The van der Waals surface area contributed by atoms with Crippen LogP contribution in [0.4, 0.5) is 0 Å². The zero-order valence-corrected chi connectivity index (χ0v) is 9.74. The molecular weight excluding hydrogens is 186 g/mol. The Balaban J connectivity index is 1.91. The van der Waals surface area contributed by atoms with Gasteiger partial charge < -0.3 is 9.88 Å². The van der Waals surface area contributed by atoms with E-state index in [4.69, 9.17) is 0 Å². The van der Waals surface area contributed by atoms with Gasteiger partial charge in [0, 0.05) is 31.9 Å². The Hall–Kier alpha value is -0.830. The van der Waals surface area contributed by atoms with Crippen molar-refractivity contribution < 1.29 is 0 Å². The zero-order chi connectivity index (χ0) is 10.7. The average Bonchev–Trinajstić information content (AvgIpc) is 2.99. The molecule has 0 amide bonds. The third-order valence-electron chi connectivity index (χ3n) is 3.17. The summed E-state index contributed by atoms with van der Waals surface area (Å²) in [6, 6.07) is 0.644. The van der Waals surface area contributed by atoms with Crippen LogP contribution in [0.2, 0.25) is 0 Å². The summed E-state index contributed by atoms with van der Waals surface area (Å²) in [5, 5.41) is 3.64. The third kappa shape index (κ3) is 2.81. The molecule has 2 rings (SSSR count). The highest BCUT2D eigenvalue weighted by molar-refractivity contribution is 4.98. The second-order valence-electron chi connectivity index (χ2n) is 4.56. The highest BCUT2D eigenvalue weighted by atomic mass is 15.0. The number of imidazole rings is 1. The maximum atomic E-state index is 4.40. The number of aromatic nitrogens is 2. The normalized spacial score (nSPS) is 18.0. The molecule has 1 aliphatic carbocycles. The van der Waals surface area contributed by atoms with Crippen molar-refractivity contribution in [1.29, 1.82) is 0 Å². The molecule has 1 aliphatic rings. The van der Waals surface area contributed by atoms with Crippen LogP contribution in [0.1, 0.15) is 32.0 Å². The molecular formula is C12H21N3. The fourth-order valence-corrected chi connectivity index (χ4v) is 2.02. The van der Waals surface area contributed by atoms with Crippen LogP contribution < -0.4 is 5.32 Å². The first-order valence-corrected chi connectivity index (χ1v) is 6.01. The minimum Gasteiger partial charge on any atom is -0.338 e. The second kappa shape index (κ2) is 4.79. The fraction of sp³-hybridized carbons (Fsp3) is 0.750. The summed E-state index contributed by atoms with van der Waals surface area (Å²) < 4.78 is 2.13. The highest BCUT2D eigenvalue weighted by Crippen LogP contribution is 2.33. The topological polar surface area (TPSA) is 29.9 Å². The summed E-state index contributed by atoms with van der Waals surface area (Å²) in [5.74, 6) is 2.10. The van der Waals surface area contributed by atoms with E-state index in [0.717, 1.165) is 18.9 Å². The van der Waals surface area contributed by atoms with E-state index in [0.29, 0.717) is 6.04 Å². The van der Waals surface area contributed by atoms with Gasteiger partial charge in [-0.1, -0.05) is 6.92 Å². The summed E-state index contributed by atoms with van der Waals surface area (Å²) in [6.45, 7) is 3.35. The van der Waals surface area contributed by atoms with Crippen molar-refractivity contribution in [3.8, 4) is 0 Å². The molecule has 1 saturated carbocycles. The van der Waals surface area contributed by atoms with Crippen LogP contribution in [-0.2, 0) is 13.5 Å². The molecule has 1 unspecified atom stereocenters. The van der Waals surface area contributed by atoms with Crippen molar-refractivity contribution in [1.82, 2.24) is 14.9 Å². The number of nitrogens with one attached hydrogen (secondary N) is 1. The number of aryl methyl sites for hydroxylation is 1. The van der Waals surface area contributed by atoms with Gasteiger partial charge >= 0.3 is 0 Å². The van der Waals surface area contributed by atoms with Crippen LogP contribution in [0.15, 0.2) is 12.4 Å². The predicted molar refractivity (Wildman–Crippen MR) is 61.7 cm³/mol. The first kappa shape index (κ1) is 10.7. The van der Waals surface area contributed by atoms with Crippen molar-refractivity contribution in [3.63, 3.8) is 0 Å². The lowest BCUT2D eigenvalue weighted by atomic mass is 10.1. The van der Waals surface area contributed by atoms with Crippen LogP contribution in [-0.4, -0.2) is 22.1 Å². The van der Waals surface area contributed by atoms with Gasteiger partial charge in [-0.3, -0.25) is 0 Å².